The number of carbonyl (C=O) groups is 1. The molecule has 1 fully saturated rings. The Labute approximate surface area is 164 Å². The van der Waals surface area contributed by atoms with Crippen molar-refractivity contribution in [2.75, 3.05) is 13.1 Å². The van der Waals surface area contributed by atoms with Crippen molar-refractivity contribution >= 4 is 16.8 Å². The largest absolute Gasteiger partial charge is 0.573 e. The molecule has 0 bridgehead atoms. The van der Waals surface area contributed by atoms with Crippen molar-refractivity contribution in [2.24, 2.45) is 0 Å². The normalized spacial score (nSPS) is 16.8. The second kappa shape index (κ2) is 7.62. The van der Waals surface area contributed by atoms with Gasteiger partial charge in [-0.3, -0.25) is 4.79 Å². The summed E-state index contributed by atoms with van der Waals surface area (Å²) in [6.07, 6.45) is -4.31. The highest BCUT2D eigenvalue weighted by Crippen LogP contribution is 2.24. The Morgan fingerprint density at radius 1 is 1.03 bits per heavy atom. The van der Waals surface area contributed by atoms with Crippen LogP contribution in [0.3, 0.4) is 0 Å². The summed E-state index contributed by atoms with van der Waals surface area (Å²) in [5.74, 6) is -0.128. The zero-order chi connectivity index (χ0) is 20.4. The molecule has 0 N–H and O–H groups in total. The Hall–Kier alpha value is -3.29. The Kier molecular flexibility index (Phi) is 5.00. The van der Waals surface area contributed by atoms with Crippen molar-refractivity contribution in [1.29, 1.82) is 0 Å². The van der Waals surface area contributed by atoms with E-state index in [1.54, 1.807) is 11.0 Å². The molecule has 2 aromatic carbocycles. The average molecular weight is 402 g/mol. The number of amides is 1. The average Bonchev–Trinajstić information content (AvgIpc) is 3.15. The minimum Gasteiger partial charge on any atom is -0.472 e. The van der Waals surface area contributed by atoms with Gasteiger partial charge in [-0.15, -0.1) is 13.2 Å². The Balaban J connectivity index is 1.38. The third-order valence-electron chi connectivity index (χ3n) is 4.63. The third kappa shape index (κ3) is 4.59. The lowest BCUT2D eigenvalue weighted by Gasteiger charge is -2.17. The van der Waals surface area contributed by atoms with Crippen LogP contribution in [0.15, 0.2) is 60.7 Å². The number of rotatable bonds is 4. The number of carbonyl (C=O) groups excluding carboxylic acids is 1. The van der Waals surface area contributed by atoms with E-state index in [1.165, 1.54) is 12.1 Å². The lowest BCUT2D eigenvalue weighted by molar-refractivity contribution is -0.274. The minimum absolute atomic E-state index is 0.194. The zero-order valence-corrected chi connectivity index (χ0v) is 15.2. The molecule has 5 nitrogen and oxygen atoms in total. The number of alkyl halides is 3. The van der Waals surface area contributed by atoms with Gasteiger partial charge in [0, 0.05) is 30.0 Å². The summed E-state index contributed by atoms with van der Waals surface area (Å²) in [5.41, 5.74) is 1.13. The fourth-order valence-corrected chi connectivity index (χ4v) is 3.27. The molecule has 1 amide bonds. The molecule has 0 aliphatic carbocycles. The van der Waals surface area contributed by atoms with E-state index in [0.29, 0.717) is 31.0 Å². The fourth-order valence-electron chi connectivity index (χ4n) is 3.27. The minimum atomic E-state index is -4.76. The number of ether oxygens (including phenoxy) is 2. The van der Waals surface area contributed by atoms with Crippen molar-refractivity contribution in [3.8, 4) is 11.6 Å². The molecule has 0 radical (unpaired) electrons. The van der Waals surface area contributed by atoms with Gasteiger partial charge >= 0.3 is 6.36 Å². The van der Waals surface area contributed by atoms with Gasteiger partial charge in [-0.1, -0.05) is 18.2 Å². The summed E-state index contributed by atoms with van der Waals surface area (Å²) in [7, 11) is 0. The zero-order valence-electron chi connectivity index (χ0n) is 15.2. The van der Waals surface area contributed by atoms with E-state index in [-0.39, 0.29) is 17.8 Å². The van der Waals surface area contributed by atoms with Gasteiger partial charge < -0.3 is 14.4 Å². The smallest absolute Gasteiger partial charge is 0.472 e. The summed E-state index contributed by atoms with van der Waals surface area (Å²) in [6.45, 7) is 0.881. The third-order valence-corrected chi connectivity index (χ3v) is 4.63. The second-order valence-corrected chi connectivity index (χ2v) is 6.69. The summed E-state index contributed by atoms with van der Waals surface area (Å²) < 4.78 is 46.5. The number of hydrogen-bond acceptors (Lipinski definition) is 4. The standard InChI is InChI=1S/C21H17F3N2O3/c22-21(23,24)29-16-8-5-15(6-9-16)20(27)26-12-11-17(13-26)28-19-10-7-14-3-1-2-4-18(14)25-19/h1-10,17H,11-13H2/t17-/m0/s1. The molecule has 4 rings (SSSR count). The first-order chi connectivity index (χ1) is 13.9. The highest BCUT2D eigenvalue weighted by atomic mass is 19.4. The van der Waals surface area contributed by atoms with Crippen molar-refractivity contribution in [3.05, 3.63) is 66.2 Å². The van der Waals surface area contributed by atoms with Crippen LogP contribution in [0.5, 0.6) is 11.6 Å². The van der Waals surface area contributed by atoms with Crippen LogP contribution in [0.1, 0.15) is 16.8 Å². The van der Waals surface area contributed by atoms with Gasteiger partial charge in [0.2, 0.25) is 5.88 Å². The SMILES string of the molecule is O=C(c1ccc(OC(F)(F)F)cc1)N1CC[C@H](Oc2ccc3ccccc3n2)C1. The molecule has 8 heteroatoms. The van der Waals surface area contributed by atoms with Gasteiger partial charge in [-0.25, -0.2) is 4.98 Å². The van der Waals surface area contributed by atoms with Crippen LogP contribution >= 0.6 is 0 Å². The van der Waals surface area contributed by atoms with Gasteiger partial charge in [0.25, 0.3) is 5.91 Å². The summed E-state index contributed by atoms with van der Waals surface area (Å²) in [6, 6.07) is 16.3. The number of benzene rings is 2. The van der Waals surface area contributed by atoms with Crippen LogP contribution in [0.25, 0.3) is 10.9 Å². The molecule has 3 aromatic rings. The van der Waals surface area contributed by atoms with Crippen LogP contribution < -0.4 is 9.47 Å². The number of hydrogen-bond donors (Lipinski definition) is 0. The predicted octanol–water partition coefficient (Wildman–Crippen LogP) is 4.43. The van der Waals surface area contributed by atoms with Crippen LogP contribution in [0.4, 0.5) is 13.2 Å². The maximum absolute atomic E-state index is 12.6. The number of pyridine rings is 1. The van der Waals surface area contributed by atoms with Gasteiger partial charge in [-0.05, 0) is 36.4 Å². The number of halogens is 3. The van der Waals surface area contributed by atoms with E-state index in [9.17, 15) is 18.0 Å². The van der Waals surface area contributed by atoms with Gasteiger partial charge in [0.1, 0.15) is 11.9 Å². The second-order valence-electron chi connectivity index (χ2n) is 6.69. The molecule has 1 atom stereocenters. The predicted molar refractivity (Wildman–Crippen MR) is 99.8 cm³/mol. The van der Waals surface area contributed by atoms with E-state index in [0.717, 1.165) is 23.0 Å². The fraction of sp³-hybridized carbons (Fsp3) is 0.238. The lowest BCUT2D eigenvalue weighted by atomic mass is 10.2. The summed E-state index contributed by atoms with van der Waals surface area (Å²) >= 11 is 0. The maximum atomic E-state index is 12.6. The van der Waals surface area contributed by atoms with Gasteiger partial charge in [0.05, 0.1) is 12.1 Å². The van der Waals surface area contributed by atoms with Crippen molar-refractivity contribution in [3.63, 3.8) is 0 Å². The van der Waals surface area contributed by atoms with E-state index in [1.807, 2.05) is 30.3 Å². The lowest BCUT2D eigenvalue weighted by Crippen LogP contribution is -2.31. The number of fused-ring (bicyclic) bond motifs is 1. The number of aromatic nitrogens is 1. The van der Waals surface area contributed by atoms with E-state index in [4.69, 9.17) is 4.74 Å². The first-order valence-corrected chi connectivity index (χ1v) is 9.05. The van der Waals surface area contributed by atoms with E-state index >= 15 is 0 Å². The highest BCUT2D eigenvalue weighted by molar-refractivity contribution is 5.94. The van der Waals surface area contributed by atoms with Crippen LogP contribution in [0.2, 0.25) is 0 Å². The van der Waals surface area contributed by atoms with Crippen molar-refractivity contribution in [2.45, 2.75) is 18.9 Å². The highest BCUT2D eigenvalue weighted by Gasteiger charge is 2.32. The molecule has 0 unspecified atom stereocenters. The van der Waals surface area contributed by atoms with Gasteiger partial charge in [-0.2, -0.15) is 0 Å². The van der Waals surface area contributed by atoms with Crippen molar-refractivity contribution < 1.29 is 27.4 Å². The van der Waals surface area contributed by atoms with E-state index < -0.39 is 6.36 Å². The molecule has 0 saturated carbocycles. The molecule has 0 spiro atoms. The Bertz CT molecular complexity index is 1020. The van der Waals surface area contributed by atoms with Crippen LogP contribution in [-0.2, 0) is 0 Å². The number of para-hydroxylation sites is 1. The topological polar surface area (TPSA) is 51.7 Å². The first kappa shape index (κ1) is 19.0. The quantitative estimate of drug-likeness (QED) is 0.648. The van der Waals surface area contributed by atoms with Crippen LogP contribution in [-0.4, -0.2) is 41.3 Å². The van der Waals surface area contributed by atoms with E-state index in [2.05, 4.69) is 9.72 Å². The number of likely N-dealkylation sites (tertiary alicyclic amines) is 1. The number of nitrogens with zero attached hydrogens (tertiary/aromatic N) is 2. The Morgan fingerprint density at radius 3 is 2.55 bits per heavy atom. The molecular weight excluding hydrogens is 385 g/mol. The maximum Gasteiger partial charge on any atom is 0.573 e. The molecule has 1 saturated heterocycles. The molecule has 29 heavy (non-hydrogen) atoms. The summed E-state index contributed by atoms with van der Waals surface area (Å²) in [5, 5.41) is 1.01. The molecule has 1 aromatic heterocycles. The molecular formula is C21H17F3N2O3. The molecule has 1 aliphatic rings. The summed E-state index contributed by atoms with van der Waals surface area (Å²) in [4.78, 5) is 18.7. The molecule has 150 valence electrons. The van der Waals surface area contributed by atoms with Crippen molar-refractivity contribution in [1.82, 2.24) is 9.88 Å². The first-order valence-electron chi connectivity index (χ1n) is 9.05. The monoisotopic (exact) mass is 402 g/mol. The Morgan fingerprint density at radius 2 is 1.79 bits per heavy atom. The molecule has 1 aliphatic heterocycles. The van der Waals surface area contributed by atoms with Gasteiger partial charge in [0.15, 0.2) is 0 Å². The molecule has 2 heterocycles. The van der Waals surface area contributed by atoms with Crippen LogP contribution in [0, 0.1) is 0 Å².